The molecule has 1 N–H and O–H groups in total. The maximum Gasteiger partial charge on any atom is 0.254 e. The van der Waals surface area contributed by atoms with Gasteiger partial charge in [-0.1, -0.05) is 11.6 Å². The number of benzene rings is 1. The first-order chi connectivity index (χ1) is 18.2. The summed E-state index contributed by atoms with van der Waals surface area (Å²) in [6.07, 6.45) is 7.68. The second kappa shape index (κ2) is 9.60. The Morgan fingerprint density at radius 3 is 2.39 bits per heavy atom. The molecule has 2 aromatic rings. The van der Waals surface area contributed by atoms with Gasteiger partial charge in [-0.3, -0.25) is 9.59 Å². The zero-order chi connectivity index (χ0) is 26.8. The number of carbonyl (C=O) groups excluding carboxylic acids is 1. The smallest absolute Gasteiger partial charge is 0.254 e. The molecule has 6 rings (SSSR count). The molecule has 0 spiro atoms. The summed E-state index contributed by atoms with van der Waals surface area (Å²) in [7, 11) is 0. The van der Waals surface area contributed by atoms with Crippen molar-refractivity contribution in [1.82, 2.24) is 14.8 Å². The zero-order valence-electron chi connectivity index (χ0n) is 22.9. The van der Waals surface area contributed by atoms with E-state index in [1.807, 2.05) is 33.8 Å². The molecule has 1 saturated carbocycles. The van der Waals surface area contributed by atoms with Gasteiger partial charge >= 0.3 is 0 Å². The summed E-state index contributed by atoms with van der Waals surface area (Å²) in [5.41, 5.74) is 4.37. The lowest BCUT2D eigenvalue weighted by Gasteiger charge is -2.39. The minimum atomic E-state index is -0.786. The number of halogens is 1. The molecule has 4 aliphatic rings. The van der Waals surface area contributed by atoms with Gasteiger partial charge in [-0.2, -0.15) is 0 Å². The highest BCUT2D eigenvalue weighted by atomic mass is 35.5. The number of nitrogens with zero attached hydrogens (tertiary/aromatic N) is 2. The maximum atomic E-state index is 13.8. The minimum absolute atomic E-state index is 0.115. The zero-order valence-corrected chi connectivity index (χ0v) is 23.7. The van der Waals surface area contributed by atoms with E-state index >= 15 is 0 Å². The van der Waals surface area contributed by atoms with Gasteiger partial charge < -0.3 is 24.3 Å². The van der Waals surface area contributed by atoms with Crippen molar-refractivity contribution in [1.29, 1.82) is 0 Å². The van der Waals surface area contributed by atoms with Gasteiger partial charge in [-0.05, 0) is 96.0 Å². The maximum absolute atomic E-state index is 13.8. The van der Waals surface area contributed by atoms with Gasteiger partial charge in [0.05, 0.1) is 17.1 Å². The second-order valence-electron chi connectivity index (χ2n) is 11.8. The first-order valence-corrected chi connectivity index (χ1v) is 14.5. The van der Waals surface area contributed by atoms with Crippen molar-refractivity contribution in [3.63, 3.8) is 0 Å². The van der Waals surface area contributed by atoms with E-state index in [0.717, 1.165) is 48.1 Å². The molecule has 1 aromatic carbocycles. The summed E-state index contributed by atoms with van der Waals surface area (Å²) >= 11 is 6.92. The Morgan fingerprint density at radius 2 is 1.71 bits per heavy atom. The third kappa shape index (κ3) is 4.22. The van der Waals surface area contributed by atoms with Crippen molar-refractivity contribution < 1.29 is 14.3 Å². The average Bonchev–Trinajstić information content (AvgIpc) is 3.55. The molecule has 1 unspecified atom stereocenters. The summed E-state index contributed by atoms with van der Waals surface area (Å²) in [4.78, 5) is 33.7. The molecule has 1 atom stereocenters. The number of H-pyrrole nitrogens is 1. The lowest BCUT2D eigenvalue weighted by Crippen LogP contribution is -2.47. The van der Waals surface area contributed by atoms with Gasteiger partial charge in [-0.25, -0.2) is 0 Å². The topological polar surface area (TPSA) is 74.9 Å². The molecular weight excluding hydrogens is 502 g/mol. The van der Waals surface area contributed by atoms with E-state index in [4.69, 9.17) is 21.1 Å². The van der Waals surface area contributed by atoms with E-state index in [1.54, 1.807) is 4.90 Å². The third-order valence-electron chi connectivity index (χ3n) is 9.37. The number of rotatable bonds is 4. The molecule has 1 aromatic heterocycles. The largest absolute Gasteiger partial charge is 0.448 e. The summed E-state index contributed by atoms with van der Waals surface area (Å²) in [6, 6.07) is 2.62. The van der Waals surface area contributed by atoms with Crippen LogP contribution in [0.1, 0.15) is 83.8 Å². The molecule has 1 saturated heterocycles. The van der Waals surface area contributed by atoms with E-state index in [9.17, 15) is 9.59 Å². The number of aromatic nitrogens is 1. The molecule has 8 heteroatoms. The lowest BCUT2D eigenvalue weighted by molar-refractivity contribution is -0.123. The molecule has 2 fully saturated rings. The number of hydrogen-bond acceptors (Lipinski definition) is 5. The Kier molecular flexibility index (Phi) is 6.50. The standard InChI is InChI=1S/C30H38ClN3O4/c1-17-15-18(2)32-28(35)23(17)16-34-14-11-22-24(29(34)36)19(3)26-27(25(22)31)38-30(4,37-26)20-7-9-21(10-8-20)33-12-5-6-13-33/h15,20-21H,5-14,16H2,1-4H3,(H,32,35). The van der Waals surface area contributed by atoms with E-state index in [1.165, 1.54) is 25.9 Å². The fourth-order valence-electron chi connectivity index (χ4n) is 7.19. The SMILES string of the molecule is Cc1cc(C)c(CN2CCc3c(Cl)c4c(c(C)c3C2=O)OC(C)(C2CCC(N3CCCC3)CC2)O4)c(=O)[nH]1. The summed E-state index contributed by atoms with van der Waals surface area (Å²) < 4.78 is 13.1. The van der Waals surface area contributed by atoms with Crippen molar-refractivity contribution in [2.45, 2.75) is 91.0 Å². The van der Waals surface area contributed by atoms with E-state index in [0.29, 0.717) is 46.7 Å². The number of amides is 1. The van der Waals surface area contributed by atoms with E-state index in [2.05, 4.69) is 9.88 Å². The highest BCUT2D eigenvalue weighted by molar-refractivity contribution is 6.34. The van der Waals surface area contributed by atoms with Crippen LogP contribution in [0.3, 0.4) is 0 Å². The summed E-state index contributed by atoms with van der Waals surface area (Å²) in [5.74, 6) is 0.545. The number of hydrogen-bond donors (Lipinski definition) is 1. The highest BCUT2D eigenvalue weighted by Crippen LogP contribution is 2.54. The predicted molar refractivity (Wildman–Crippen MR) is 147 cm³/mol. The van der Waals surface area contributed by atoms with Crippen LogP contribution in [0.5, 0.6) is 11.5 Å². The number of pyridine rings is 1. The van der Waals surface area contributed by atoms with Crippen LogP contribution in [-0.2, 0) is 13.0 Å². The van der Waals surface area contributed by atoms with Crippen molar-refractivity contribution in [3.05, 3.63) is 55.0 Å². The Hall–Kier alpha value is -2.51. The molecule has 38 heavy (non-hydrogen) atoms. The molecule has 1 aliphatic carbocycles. The van der Waals surface area contributed by atoms with Crippen molar-refractivity contribution in [2.24, 2.45) is 5.92 Å². The molecule has 3 aliphatic heterocycles. The van der Waals surface area contributed by atoms with Gasteiger partial charge in [0.15, 0.2) is 11.5 Å². The fourth-order valence-corrected chi connectivity index (χ4v) is 7.50. The molecule has 0 bridgehead atoms. The molecule has 0 radical (unpaired) electrons. The monoisotopic (exact) mass is 539 g/mol. The van der Waals surface area contributed by atoms with Gasteiger partial charge in [0, 0.05) is 42.2 Å². The van der Waals surface area contributed by atoms with Gasteiger partial charge in [-0.15, -0.1) is 0 Å². The van der Waals surface area contributed by atoms with Gasteiger partial charge in [0.25, 0.3) is 17.3 Å². The Morgan fingerprint density at radius 1 is 1.03 bits per heavy atom. The van der Waals surface area contributed by atoms with Crippen LogP contribution >= 0.6 is 11.6 Å². The van der Waals surface area contributed by atoms with Crippen LogP contribution in [0.15, 0.2) is 10.9 Å². The predicted octanol–water partition coefficient (Wildman–Crippen LogP) is 5.29. The van der Waals surface area contributed by atoms with Crippen LogP contribution in [-0.4, -0.2) is 52.2 Å². The number of aryl methyl sites for hydroxylation is 2. The molecule has 1 amide bonds. The number of fused-ring (bicyclic) bond motifs is 2. The summed E-state index contributed by atoms with van der Waals surface area (Å²) in [6.45, 7) is 11.0. The van der Waals surface area contributed by atoms with Crippen molar-refractivity contribution >= 4 is 17.5 Å². The van der Waals surface area contributed by atoms with E-state index in [-0.39, 0.29) is 23.9 Å². The minimum Gasteiger partial charge on any atom is -0.448 e. The normalized spacial score (nSPS) is 27.2. The van der Waals surface area contributed by atoms with Crippen LogP contribution in [0.2, 0.25) is 5.02 Å². The van der Waals surface area contributed by atoms with E-state index < -0.39 is 5.79 Å². The van der Waals surface area contributed by atoms with Gasteiger partial charge in [0.1, 0.15) is 0 Å². The van der Waals surface area contributed by atoms with Crippen LogP contribution < -0.4 is 15.0 Å². The number of aromatic amines is 1. The first kappa shape index (κ1) is 25.8. The second-order valence-corrected chi connectivity index (χ2v) is 12.2. The number of ether oxygens (including phenoxy) is 2. The average molecular weight is 540 g/mol. The Labute approximate surface area is 229 Å². The Balaban J connectivity index is 1.24. The molecular formula is C30H38ClN3O4. The third-order valence-corrected chi connectivity index (χ3v) is 9.77. The van der Waals surface area contributed by atoms with Crippen LogP contribution in [0, 0.1) is 26.7 Å². The molecule has 7 nitrogen and oxygen atoms in total. The molecule has 204 valence electrons. The van der Waals surface area contributed by atoms with Crippen LogP contribution in [0.25, 0.3) is 0 Å². The lowest BCUT2D eigenvalue weighted by atomic mass is 9.81. The first-order valence-electron chi connectivity index (χ1n) is 14.1. The summed E-state index contributed by atoms with van der Waals surface area (Å²) in [5, 5.41) is 0.493. The van der Waals surface area contributed by atoms with Crippen LogP contribution in [0.4, 0.5) is 0 Å². The molecule has 4 heterocycles. The Bertz CT molecular complexity index is 1340. The number of nitrogens with one attached hydrogen (secondary N) is 1. The fraction of sp³-hybridized carbons (Fsp3) is 0.600. The number of likely N-dealkylation sites (tertiary alicyclic amines) is 1. The number of carbonyl (C=O) groups is 1. The van der Waals surface area contributed by atoms with Crippen molar-refractivity contribution in [3.8, 4) is 11.5 Å². The van der Waals surface area contributed by atoms with Crippen molar-refractivity contribution in [2.75, 3.05) is 19.6 Å². The quantitative estimate of drug-likeness (QED) is 0.571. The van der Waals surface area contributed by atoms with Gasteiger partial charge in [0.2, 0.25) is 0 Å². The highest BCUT2D eigenvalue weighted by Gasteiger charge is 2.49.